The summed E-state index contributed by atoms with van der Waals surface area (Å²) in [5.74, 6) is -0.512. The molecule has 0 spiro atoms. The molecule has 0 radical (unpaired) electrons. The van der Waals surface area contributed by atoms with Gasteiger partial charge in [-0.25, -0.2) is 9.07 Å². The molecule has 0 unspecified atom stereocenters. The molecule has 1 amide bonds. The van der Waals surface area contributed by atoms with Gasteiger partial charge in [0.1, 0.15) is 5.82 Å². The molecule has 0 fully saturated rings. The first-order chi connectivity index (χ1) is 13.4. The molecule has 0 atom stereocenters. The quantitative estimate of drug-likeness (QED) is 0.668. The highest BCUT2D eigenvalue weighted by atomic mass is 19.1. The molecule has 5 nitrogen and oxygen atoms in total. The van der Waals surface area contributed by atoms with Crippen molar-refractivity contribution in [3.8, 4) is 5.69 Å². The van der Waals surface area contributed by atoms with Crippen LogP contribution in [0.25, 0.3) is 5.69 Å². The molecule has 1 heterocycles. The first-order valence-electron chi connectivity index (χ1n) is 9.22. The summed E-state index contributed by atoms with van der Waals surface area (Å²) in [6, 6.07) is 13.9. The number of amides is 1. The monoisotopic (exact) mass is 381 g/mol. The van der Waals surface area contributed by atoms with E-state index in [1.165, 1.54) is 18.3 Å². The van der Waals surface area contributed by atoms with Crippen molar-refractivity contribution >= 4 is 5.91 Å². The lowest BCUT2D eigenvalue weighted by atomic mass is 10.1. The Kier molecular flexibility index (Phi) is 6.21. The zero-order valence-electron chi connectivity index (χ0n) is 16.3. The van der Waals surface area contributed by atoms with Crippen LogP contribution in [0.4, 0.5) is 4.39 Å². The number of nitrogens with one attached hydrogen (secondary N) is 1. The summed E-state index contributed by atoms with van der Waals surface area (Å²) in [7, 11) is 0. The number of carbonyl (C=O) groups is 1. The third-order valence-corrected chi connectivity index (χ3v) is 4.35. The lowest BCUT2D eigenvalue weighted by Crippen LogP contribution is -2.23. The topological polar surface area (TPSA) is 56.1 Å². The highest BCUT2D eigenvalue weighted by molar-refractivity contribution is 5.95. The predicted octanol–water partition coefficient (Wildman–Crippen LogP) is 4.17. The molecule has 28 heavy (non-hydrogen) atoms. The predicted molar refractivity (Wildman–Crippen MR) is 106 cm³/mol. The van der Waals surface area contributed by atoms with Crippen molar-refractivity contribution in [3.63, 3.8) is 0 Å². The van der Waals surface area contributed by atoms with E-state index in [0.29, 0.717) is 30.1 Å². The Balaban J connectivity index is 1.66. The van der Waals surface area contributed by atoms with Crippen molar-refractivity contribution in [2.45, 2.75) is 40.0 Å². The summed E-state index contributed by atoms with van der Waals surface area (Å²) in [5, 5.41) is 7.19. The normalized spacial score (nSPS) is 11.0. The lowest BCUT2D eigenvalue weighted by molar-refractivity contribution is 0.0657. The van der Waals surface area contributed by atoms with Gasteiger partial charge in [-0.2, -0.15) is 5.10 Å². The maximum Gasteiger partial charge on any atom is 0.255 e. The third kappa shape index (κ3) is 4.84. The fourth-order valence-electron chi connectivity index (χ4n) is 2.84. The third-order valence-electron chi connectivity index (χ3n) is 4.35. The lowest BCUT2D eigenvalue weighted by Gasteiger charge is -2.10. The maximum absolute atomic E-state index is 13.1. The first kappa shape index (κ1) is 19.8. The van der Waals surface area contributed by atoms with E-state index in [0.717, 1.165) is 11.1 Å². The molecule has 0 saturated carbocycles. The average molecular weight is 381 g/mol. The fourth-order valence-corrected chi connectivity index (χ4v) is 2.84. The molecule has 3 aromatic rings. The smallest absolute Gasteiger partial charge is 0.255 e. The Morgan fingerprint density at radius 3 is 2.61 bits per heavy atom. The Labute approximate surface area is 164 Å². The number of benzene rings is 2. The minimum Gasteiger partial charge on any atom is -0.374 e. The zero-order chi connectivity index (χ0) is 20.1. The van der Waals surface area contributed by atoms with Gasteiger partial charge in [0, 0.05) is 6.54 Å². The molecule has 146 valence electrons. The second-order valence-corrected chi connectivity index (χ2v) is 6.89. The summed E-state index contributed by atoms with van der Waals surface area (Å²) in [5.41, 5.74) is 3.96. The van der Waals surface area contributed by atoms with Crippen LogP contribution in [0.15, 0.2) is 54.7 Å². The fraction of sp³-hybridized carbons (Fsp3) is 0.273. The summed E-state index contributed by atoms with van der Waals surface area (Å²) in [6.45, 7) is 6.77. The van der Waals surface area contributed by atoms with E-state index >= 15 is 0 Å². The molecular formula is C22H24FN3O2. The maximum atomic E-state index is 13.1. The summed E-state index contributed by atoms with van der Waals surface area (Å²) in [4.78, 5) is 12.6. The molecule has 0 aliphatic carbocycles. The van der Waals surface area contributed by atoms with Gasteiger partial charge in [0.25, 0.3) is 5.91 Å². The molecule has 3 rings (SSSR count). The van der Waals surface area contributed by atoms with Crippen LogP contribution in [0.1, 0.15) is 41.0 Å². The van der Waals surface area contributed by atoms with E-state index in [4.69, 9.17) is 4.74 Å². The Morgan fingerprint density at radius 2 is 1.89 bits per heavy atom. The van der Waals surface area contributed by atoms with Crippen molar-refractivity contribution in [1.82, 2.24) is 15.1 Å². The minimum atomic E-state index is -0.312. The van der Waals surface area contributed by atoms with E-state index in [-0.39, 0.29) is 17.8 Å². The van der Waals surface area contributed by atoms with Gasteiger partial charge >= 0.3 is 0 Å². The molecular weight excluding hydrogens is 357 g/mol. The summed E-state index contributed by atoms with van der Waals surface area (Å²) >= 11 is 0. The first-order valence-corrected chi connectivity index (χ1v) is 9.22. The van der Waals surface area contributed by atoms with Crippen LogP contribution < -0.4 is 5.32 Å². The van der Waals surface area contributed by atoms with Gasteiger partial charge in [-0.05, 0) is 56.2 Å². The van der Waals surface area contributed by atoms with Crippen LogP contribution in [-0.4, -0.2) is 21.8 Å². The van der Waals surface area contributed by atoms with Gasteiger partial charge in [0.2, 0.25) is 0 Å². The van der Waals surface area contributed by atoms with E-state index < -0.39 is 0 Å². The number of hydrogen-bond acceptors (Lipinski definition) is 3. The highest BCUT2D eigenvalue weighted by Gasteiger charge is 2.15. The number of nitrogens with zero attached hydrogens (tertiary/aromatic N) is 2. The van der Waals surface area contributed by atoms with Crippen molar-refractivity contribution in [3.05, 3.63) is 82.9 Å². The molecule has 2 aromatic carbocycles. The Bertz CT molecular complexity index is 949. The second kappa shape index (κ2) is 8.80. The molecule has 0 aliphatic heterocycles. The molecule has 0 aliphatic rings. The standard InChI is InChI=1S/C22H24FN3O2/c1-15(2)28-14-18-6-4-5-17(11-18)12-24-22(27)21-13-25-26(16(21)3)20-9-7-19(23)8-10-20/h4-11,13,15H,12,14H2,1-3H3,(H,24,27). The Hall–Kier alpha value is -2.99. The summed E-state index contributed by atoms with van der Waals surface area (Å²) < 4.78 is 20.4. The molecule has 6 heteroatoms. The highest BCUT2D eigenvalue weighted by Crippen LogP contribution is 2.15. The number of hydrogen-bond donors (Lipinski definition) is 1. The number of rotatable bonds is 7. The molecule has 0 bridgehead atoms. The van der Waals surface area contributed by atoms with Crippen LogP contribution in [0.5, 0.6) is 0 Å². The van der Waals surface area contributed by atoms with Crippen LogP contribution in [0, 0.1) is 12.7 Å². The van der Waals surface area contributed by atoms with Crippen LogP contribution >= 0.6 is 0 Å². The van der Waals surface area contributed by atoms with Gasteiger partial charge in [-0.1, -0.05) is 24.3 Å². The summed E-state index contributed by atoms with van der Waals surface area (Å²) in [6.07, 6.45) is 1.70. The van der Waals surface area contributed by atoms with Crippen molar-refractivity contribution in [1.29, 1.82) is 0 Å². The number of halogens is 1. The SMILES string of the molecule is Cc1c(C(=O)NCc2cccc(COC(C)C)c2)cnn1-c1ccc(F)cc1. The van der Waals surface area contributed by atoms with Crippen LogP contribution in [0.3, 0.4) is 0 Å². The zero-order valence-corrected chi connectivity index (χ0v) is 16.3. The van der Waals surface area contributed by atoms with Crippen molar-refractivity contribution < 1.29 is 13.9 Å². The number of ether oxygens (including phenoxy) is 1. The Morgan fingerprint density at radius 1 is 1.18 bits per heavy atom. The second-order valence-electron chi connectivity index (χ2n) is 6.89. The van der Waals surface area contributed by atoms with Crippen LogP contribution in [-0.2, 0) is 17.9 Å². The van der Waals surface area contributed by atoms with Gasteiger partial charge in [-0.15, -0.1) is 0 Å². The van der Waals surface area contributed by atoms with E-state index in [9.17, 15) is 9.18 Å². The van der Waals surface area contributed by atoms with E-state index in [1.807, 2.05) is 45.0 Å². The van der Waals surface area contributed by atoms with Gasteiger partial charge in [0.15, 0.2) is 0 Å². The largest absolute Gasteiger partial charge is 0.374 e. The van der Waals surface area contributed by atoms with E-state index in [1.54, 1.807) is 16.8 Å². The van der Waals surface area contributed by atoms with Crippen molar-refractivity contribution in [2.75, 3.05) is 0 Å². The molecule has 1 N–H and O–H groups in total. The molecule has 0 saturated heterocycles. The average Bonchev–Trinajstić information content (AvgIpc) is 3.07. The molecule has 1 aromatic heterocycles. The van der Waals surface area contributed by atoms with Crippen molar-refractivity contribution in [2.24, 2.45) is 0 Å². The van der Waals surface area contributed by atoms with Gasteiger partial charge < -0.3 is 10.1 Å². The van der Waals surface area contributed by atoms with E-state index in [2.05, 4.69) is 10.4 Å². The van der Waals surface area contributed by atoms with Crippen LogP contribution in [0.2, 0.25) is 0 Å². The van der Waals surface area contributed by atoms with Gasteiger partial charge in [-0.3, -0.25) is 4.79 Å². The number of carbonyl (C=O) groups excluding carboxylic acids is 1. The minimum absolute atomic E-state index is 0.170. The number of aromatic nitrogens is 2. The van der Waals surface area contributed by atoms with Gasteiger partial charge in [0.05, 0.1) is 35.9 Å².